The second-order valence-corrected chi connectivity index (χ2v) is 5.69. The summed E-state index contributed by atoms with van der Waals surface area (Å²) in [6, 6.07) is 8.56. The summed E-state index contributed by atoms with van der Waals surface area (Å²) in [5.41, 5.74) is 2.48. The van der Waals surface area contributed by atoms with Crippen LogP contribution in [0.2, 0.25) is 0 Å². The Morgan fingerprint density at radius 1 is 1.40 bits per heavy atom. The van der Waals surface area contributed by atoms with E-state index < -0.39 is 0 Å². The SMILES string of the molecule is CCNC1CC(c2ccsc2)Oc2cc(OC)ccc21. The first-order valence-corrected chi connectivity index (χ1v) is 7.86. The van der Waals surface area contributed by atoms with Gasteiger partial charge in [-0.2, -0.15) is 11.3 Å². The van der Waals surface area contributed by atoms with Crippen molar-refractivity contribution in [2.24, 2.45) is 0 Å². The maximum Gasteiger partial charge on any atom is 0.128 e. The van der Waals surface area contributed by atoms with Crippen LogP contribution in [0.1, 0.15) is 36.6 Å². The fourth-order valence-corrected chi connectivity index (χ4v) is 3.38. The monoisotopic (exact) mass is 289 g/mol. The topological polar surface area (TPSA) is 30.5 Å². The van der Waals surface area contributed by atoms with Gasteiger partial charge in [0.2, 0.25) is 0 Å². The molecule has 0 radical (unpaired) electrons. The van der Waals surface area contributed by atoms with Gasteiger partial charge >= 0.3 is 0 Å². The van der Waals surface area contributed by atoms with Crippen molar-refractivity contribution >= 4 is 11.3 Å². The van der Waals surface area contributed by atoms with Crippen LogP contribution >= 0.6 is 11.3 Å². The summed E-state index contributed by atoms with van der Waals surface area (Å²) < 4.78 is 11.5. The minimum Gasteiger partial charge on any atom is -0.497 e. The molecule has 0 saturated carbocycles. The molecular formula is C16H19NO2S. The molecule has 1 aliphatic heterocycles. The van der Waals surface area contributed by atoms with Gasteiger partial charge in [0.25, 0.3) is 0 Å². The summed E-state index contributed by atoms with van der Waals surface area (Å²) >= 11 is 1.71. The molecule has 2 unspecified atom stereocenters. The van der Waals surface area contributed by atoms with E-state index in [1.54, 1.807) is 18.4 Å². The maximum absolute atomic E-state index is 6.18. The molecule has 1 aliphatic rings. The Morgan fingerprint density at radius 3 is 3.00 bits per heavy atom. The first kappa shape index (κ1) is 13.5. The van der Waals surface area contributed by atoms with Crippen LogP contribution in [-0.4, -0.2) is 13.7 Å². The molecule has 3 rings (SSSR count). The summed E-state index contributed by atoms with van der Waals surface area (Å²) in [4.78, 5) is 0. The Kier molecular flexibility index (Phi) is 3.94. The number of hydrogen-bond acceptors (Lipinski definition) is 4. The van der Waals surface area contributed by atoms with Gasteiger partial charge < -0.3 is 14.8 Å². The summed E-state index contributed by atoms with van der Waals surface area (Å²) in [6.07, 6.45) is 1.08. The average Bonchev–Trinajstić information content (AvgIpc) is 3.01. The molecule has 3 nitrogen and oxygen atoms in total. The van der Waals surface area contributed by atoms with Crippen molar-refractivity contribution in [1.82, 2.24) is 5.32 Å². The van der Waals surface area contributed by atoms with Crippen LogP contribution in [-0.2, 0) is 0 Å². The van der Waals surface area contributed by atoms with E-state index in [0.717, 1.165) is 24.5 Å². The van der Waals surface area contributed by atoms with E-state index in [9.17, 15) is 0 Å². The van der Waals surface area contributed by atoms with E-state index in [1.807, 2.05) is 12.1 Å². The van der Waals surface area contributed by atoms with E-state index in [-0.39, 0.29) is 6.10 Å². The molecule has 2 atom stereocenters. The highest BCUT2D eigenvalue weighted by molar-refractivity contribution is 7.07. The van der Waals surface area contributed by atoms with E-state index in [0.29, 0.717) is 6.04 Å². The van der Waals surface area contributed by atoms with Gasteiger partial charge in [-0.3, -0.25) is 0 Å². The lowest BCUT2D eigenvalue weighted by Gasteiger charge is -2.32. The van der Waals surface area contributed by atoms with Crippen molar-refractivity contribution in [2.45, 2.75) is 25.5 Å². The highest BCUT2D eigenvalue weighted by Gasteiger charge is 2.29. The van der Waals surface area contributed by atoms with Crippen LogP contribution in [0, 0.1) is 0 Å². The van der Waals surface area contributed by atoms with Crippen LogP contribution in [0.3, 0.4) is 0 Å². The lowest BCUT2D eigenvalue weighted by molar-refractivity contribution is 0.152. The van der Waals surface area contributed by atoms with Crippen molar-refractivity contribution in [3.8, 4) is 11.5 Å². The largest absolute Gasteiger partial charge is 0.497 e. The standard InChI is InChI=1S/C16H19NO2S/c1-3-17-14-9-15(11-6-7-20-10-11)19-16-8-12(18-2)4-5-13(14)16/h4-8,10,14-15,17H,3,9H2,1-2H3. The number of nitrogens with one attached hydrogen (secondary N) is 1. The molecule has 4 heteroatoms. The van der Waals surface area contributed by atoms with Gasteiger partial charge in [-0.25, -0.2) is 0 Å². The second-order valence-electron chi connectivity index (χ2n) is 4.91. The smallest absolute Gasteiger partial charge is 0.128 e. The quantitative estimate of drug-likeness (QED) is 0.925. The lowest BCUT2D eigenvalue weighted by Crippen LogP contribution is -2.28. The normalized spacial score (nSPS) is 21.1. The molecule has 0 aliphatic carbocycles. The van der Waals surface area contributed by atoms with E-state index >= 15 is 0 Å². The van der Waals surface area contributed by atoms with Gasteiger partial charge in [0.05, 0.1) is 7.11 Å². The fraction of sp³-hybridized carbons (Fsp3) is 0.375. The second kappa shape index (κ2) is 5.85. The van der Waals surface area contributed by atoms with Crippen LogP contribution in [0.15, 0.2) is 35.0 Å². The van der Waals surface area contributed by atoms with Gasteiger partial charge in [0, 0.05) is 29.7 Å². The third kappa shape index (κ3) is 2.53. The Hall–Kier alpha value is -1.52. The van der Waals surface area contributed by atoms with Crippen molar-refractivity contribution in [3.05, 3.63) is 46.2 Å². The molecule has 1 aromatic carbocycles. The molecule has 20 heavy (non-hydrogen) atoms. The zero-order chi connectivity index (χ0) is 13.9. The third-order valence-corrected chi connectivity index (χ3v) is 4.38. The van der Waals surface area contributed by atoms with Crippen LogP contribution in [0.25, 0.3) is 0 Å². The number of hydrogen-bond donors (Lipinski definition) is 1. The summed E-state index contributed by atoms with van der Waals surface area (Å²) in [7, 11) is 1.68. The van der Waals surface area contributed by atoms with Crippen LogP contribution in [0.4, 0.5) is 0 Å². The molecule has 0 saturated heterocycles. The average molecular weight is 289 g/mol. The molecule has 1 aromatic heterocycles. The summed E-state index contributed by atoms with van der Waals surface area (Å²) in [6.45, 7) is 3.09. The Morgan fingerprint density at radius 2 is 2.30 bits per heavy atom. The number of rotatable bonds is 4. The van der Waals surface area contributed by atoms with Gasteiger partial charge in [-0.1, -0.05) is 13.0 Å². The maximum atomic E-state index is 6.18. The van der Waals surface area contributed by atoms with Crippen LogP contribution in [0.5, 0.6) is 11.5 Å². The third-order valence-electron chi connectivity index (χ3n) is 3.68. The molecule has 106 valence electrons. The molecule has 0 spiro atoms. The molecular weight excluding hydrogens is 270 g/mol. The first-order valence-electron chi connectivity index (χ1n) is 6.92. The number of thiophene rings is 1. The van der Waals surface area contributed by atoms with Crippen molar-refractivity contribution in [2.75, 3.05) is 13.7 Å². The van der Waals surface area contributed by atoms with Crippen molar-refractivity contribution in [3.63, 3.8) is 0 Å². The molecule has 1 N–H and O–H groups in total. The Balaban J connectivity index is 1.94. The predicted octanol–water partition coefficient (Wildman–Crippen LogP) is 3.93. The van der Waals surface area contributed by atoms with Crippen molar-refractivity contribution in [1.29, 1.82) is 0 Å². The summed E-state index contributed by atoms with van der Waals surface area (Å²) in [5.74, 6) is 1.77. The number of fused-ring (bicyclic) bond motifs is 1. The Labute approximate surface area is 123 Å². The number of benzene rings is 1. The highest BCUT2D eigenvalue weighted by Crippen LogP contribution is 2.42. The molecule has 0 bridgehead atoms. The molecule has 0 fully saturated rings. The Bertz CT molecular complexity index is 568. The van der Waals surface area contributed by atoms with E-state index in [4.69, 9.17) is 9.47 Å². The van der Waals surface area contributed by atoms with Crippen molar-refractivity contribution < 1.29 is 9.47 Å². The number of methoxy groups -OCH3 is 1. The molecule has 0 amide bonds. The number of ether oxygens (including phenoxy) is 2. The van der Waals surface area contributed by atoms with E-state index in [2.05, 4.69) is 35.1 Å². The molecule has 2 heterocycles. The first-order chi connectivity index (χ1) is 9.81. The predicted molar refractivity (Wildman–Crippen MR) is 81.7 cm³/mol. The van der Waals surface area contributed by atoms with Crippen LogP contribution < -0.4 is 14.8 Å². The zero-order valence-corrected chi connectivity index (χ0v) is 12.6. The van der Waals surface area contributed by atoms with Gasteiger partial charge in [0.15, 0.2) is 0 Å². The summed E-state index contributed by atoms with van der Waals surface area (Å²) in [5, 5.41) is 7.82. The fourth-order valence-electron chi connectivity index (χ4n) is 2.68. The van der Waals surface area contributed by atoms with E-state index in [1.165, 1.54) is 11.1 Å². The van der Waals surface area contributed by atoms with Gasteiger partial charge in [0.1, 0.15) is 17.6 Å². The van der Waals surface area contributed by atoms with Gasteiger partial charge in [-0.05, 0) is 29.4 Å². The lowest BCUT2D eigenvalue weighted by atomic mass is 9.94. The minimum atomic E-state index is 0.116. The van der Waals surface area contributed by atoms with Gasteiger partial charge in [-0.15, -0.1) is 0 Å². The molecule has 2 aromatic rings. The minimum absolute atomic E-state index is 0.116. The highest BCUT2D eigenvalue weighted by atomic mass is 32.1. The zero-order valence-electron chi connectivity index (χ0n) is 11.8.